The number of carbonyl (C=O) groups is 2. The minimum Gasteiger partial charge on any atom is -0.452 e. The normalized spacial score (nSPS) is 11.7. The van der Waals surface area contributed by atoms with Crippen LogP contribution in [0.3, 0.4) is 0 Å². The molecule has 0 saturated carbocycles. The summed E-state index contributed by atoms with van der Waals surface area (Å²) in [6.07, 6.45) is -0.701. The smallest absolute Gasteiger partial charge is 0.311 e. The van der Waals surface area contributed by atoms with Crippen molar-refractivity contribution in [3.05, 3.63) is 51.7 Å². The number of hydrogen-bond donors (Lipinski definition) is 1. The van der Waals surface area contributed by atoms with Crippen LogP contribution >= 0.6 is 22.9 Å². The summed E-state index contributed by atoms with van der Waals surface area (Å²) in [7, 11) is 0. The summed E-state index contributed by atoms with van der Waals surface area (Å²) < 4.78 is 5.11. The van der Waals surface area contributed by atoms with Crippen LogP contribution in [0.15, 0.2) is 41.1 Å². The second-order valence-corrected chi connectivity index (χ2v) is 5.66. The van der Waals surface area contributed by atoms with Gasteiger partial charge in [-0.15, -0.1) is 0 Å². The Bertz CT molecular complexity index is 628. The standard InChI is InChI=1S/C15H14ClNO3S/c1-10(20-14(18)7-11-5-6-21-9-11)15(19)17-13-4-2-3-12(16)8-13/h2-6,8-10H,7H2,1H3,(H,17,19)/t10-/m0/s1. The second-order valence-electron chi connectivity index (χ2n) is 4.44. The third-order valence-corrected chi connectivity index (χ3v) is 3.67. The van der Waals surface area contributed by atoms with Crippen LogP contribution in [0.25, 0.3) is 0 Å². The lowest BCUT2D eigenvalue weighted by Gasteiger charge is -2.13. The number of benzene rings is 1. The third-order valence-electron chi connectivity index (χ3n) is 2.70. The van der Waals surface area contributed by atoms with Gasteiger partial charge in [0.05, 0.1) is 6.42 Å². The van der Waals surface area contributed by atoms with Crippen molar-refractivity contribution in [1.29, 1.82) is 0 Å². The fraction of sp³-hybridized carbons (Fsp3) is 0.200. The lowest BCUT2D eigenvalue weighted by atomic mass is 10.2. The third kappa shape index (κ3) is 4.88. The van der Waals surface area contributed by atoms with E-state index < -0.39 is 18.0 Å². The summed E-state index contributed by atoms with van der Waals surface area (Å²) in [4.78, 5) is 23.6. The summed E-state index contributed by atoms with van der Waals surface area (Å²) in [5, 5.41) is 6.93. The molecular weight excluding hydrogens is 310 g/mol. The van der Waals surface area contributed by atoms with Gasteiger partial charge in [0.25, 0.3) is 5.91 Å². The van der Waals surface area contributed by atoms with Gasteiger partial charge in [-0.3, -0.25) is 9.59 Å². The van der Waals surface area contributed by atoms with Crippen molar-refractivity contribution in [3.8, 4) is 0 Å². The molecule has 0 spiro atoms. The number of thiophene rings is 1. The first kappa shape index (κ1) is 15.5. The predicted molar refractivity (Wildman–Crippen MR) is 83.7 cm³/mol. The van der Waals surface area contributed by atoms with Crippen molar-refractivity contribution in [1.82, 2.24) is 0 Å². The SMILES string of the molecule is C[C@H](OC(=O)Cc1ccsc1)C(=O)Nc1cccc(Cl)c1. The van der Waals surface area contributed by atoms with E-state index in [4.69, 9.17) is 16.3 Å². The Morgan fingerprint density at radius 1 is 1.38 bits per heavy atom. The van der Waals surface area contributed by atoms with Gasteiger partial charge in [0.15, 0.2) is 6.10 Å². The Hall–Kier alpha value is -1.85. The first-order chi connectivity index (χ1) is 10.0. The summed E-state index contributed by atoms with van der Waals surface area (Å²) in [5.74, 6) is -0.821. The molecule has 21 heavy (non-hydrogen) atoms. The fourth-order valence-electron chi connectivity index (χ4n) is 1.66. The topological polar surface area (TPSA) is 55.4 Å². The number of rotatable bonds is 5. The molecule has 0 aliphatic carbocycles. The van der Waals surface area contributed by atoms with Crippen molar-refractivity contribution in [2.24, 2.45) is 0 Å². The number of carbonyl (C=O) groups excluding carboxylic acids is 2. The zero-order chi connectivity index (χ0) is 15.2. The van der Waals surface area contributed by atoms with Gasteiger partial charge in [0.1, 0.15) is 0 Å². The molecule has 1 aromatic carbocycles. The van der Waals surface area contributed by atoms with Gasteiger partial charge in [-0.05, 0) is 47.5 Å². The maximum absolute atomic E-state index is 11.9. The molecule has 0 aliphatic heterocycles. The van der Waals surface area contributed by atoms with Crippen molar-refractivity contribution >= 4 is 40.5 Å². The maximum atomic E-state index is 11.9. The quantitative estimate of drug-likeness (QED) is 0.857. The maximum Gasteiger partial charge on any atom is 0.311 e. The van der Waals surface area contributed by atoms with Crippen LogP contribution in [0.5, 0.6) is 0 Å². The molecule has 1 N–H and O–H groups in total. The second kappa shape index (κ2) is 7.24. The average molecular weight is 324 g/mol. The molecule has 1 atom stereocenters. The van der Waals surface area contributed by atoms with Gasteiger partial charge >= 0.3 is 5.97 Å². The van der Waals surface area contributed by atoms with E-state index in [-0.39, 0.29) is 6.42 Å². The van der Waals surface area contributed by atoms with Gasteiger partial charge in [0.2, 0.25) is 0 Å². The van der Waals surface area contributed by atoms with E-state index in [1.807, 2.05) is 16.8 Å². The van der Waals surface area contributed by atoms with Crippen molar-refractivity contribution in [2.45, 2.75) is 19.4 Å². The number of esters is 1. The molecular formula is C15H14ClNO3S. The number of anilines is 1. The molecule has 0 radical (unpaired) electrons. The molecule has 0 bridgehead atoms. The largest absolute Gasteiger partial charge is 0.452 e. The first-order valence-electron chi connectivity index (χ1n) is 6.31. The van der Waals surface area contributed by atoms with E-state index in [1.54, 1.807) is 24.3 Å². The molecule has 0 unspecified atom stereocenters. The van der Waals surface area contributed by atoms with E-state index >= 15 is 0 Å². The molecule has 0 saturated heterocycles. The average Bonchev–Trinajstić information content (AvgIpc) is 2.91. The summed E-state index contributed by atoms with van der Waals surface area (Å²) >= 11 is 7.35. The fourth-order valence-corrected chi connectivity index (χ4v) is 2.52. The highest BCUT2D eigenvalue weighted by Crippen LogP contribution is 2.15. The Morgan fingerprint density at radius 2 is 2.19 bits per heavy atom. The van der Waals surface area contributed by atoms with Crippen LogP contribution in [0.4, 0.5) is 5.69 Å². The van der Waals surface area contributed by atoms with Crippen molar-refractivity contribution in [2.75, 3.05) is 5.32 Å². The summed E-state index contributed by atoms with van der Waals surface area (Å²) in [6.45, 7) is 1.53. The number of halogens is 1. The highest BCUT2D eigenvalue weighted by Gasteiger charge is 2.18. The van der Waals surface area contributed by atoms with Gasteiger partial charge in [-0.25, -0.2) is 0 Å². The number of nitrogens with one attached hydrogen (secondary N) is 1. The van der Waals surface area contributed by atoms with Gasteiger partial charge in [-0.1, -0.05) is 17.7 Å². The lowest BCUT2D eigenvalue weighted by molar-refractivity contribution is -0.152. The first-order valence-corrected chi connectivity index (χ1v) is 7.63. The molecule has 1 aromatic heterocycles. The van der Waals surface area contributed by atoms with Gasteiger partial charge in [0, 0.05) is 10.7 Å². The molecule has 110 valence electrons. The molecule has 1 amide bonds. The lowest BCUT2D eigenvalue weighted by Crippen LogP contribution is -2.30. The highest BCUT2D eigenvalue weighted by atomic mass is 35.5. The predicted octanol–water partition coefficient (Wildman–Crippen LogP) is 3.51. The van der Waals surface area contributed by atoms with Crippen LogP contribution in [0.2, 0.25) is 5.02 Å². The number of amides is 1. The van der Waals surface area contributed by atoms with Crippen LogP contribution in [-0.4, -0.2) is 18.0 Å². The Labute approximate surface area is 131 Å². The van der Waals surface area contributed by atoms with E-state index in [1.165, 1.54) is 18.3 Å². The number of ether oxygens (including phenoxy) is 1. The zero-order valence-corrected chi connectivity index (χ0v) is 12.9. The van der Waals surface area contributed by atoms with Crippen LogP contribution < -0.4 is 5.32 Å². The van der Waals surface area contributed by atoms with Crippen LogP contribution in [-0.2, 0) is 20.7 Å². The monoisotopic (exact) mass is 323 g/mol. The van der Waals surface area contributed by atoms with Gasteiger partial charge in [-0.2, -0.15) is 11.3 Å². The van der Waals surface area contributed by atoms with E-state index in [0.717, 1.165) is 5.56 Å². The Balaban J connectivity index is 1.86. The van der Waals surface area contributed by atoms with Gasteiger partial charge < -0.3 is 10.1 Å². The molecule has 4 nitrogen and oxygen atoms in total. The number of hydrogen-bond acceptors (Lipinski definition) is 4. The highest BCUT2D eigenvalue weighted by molar-refractivity contribution is 7.07. The Morgan fingerprint density at radius 3 is 2.86 bits per heavy atom. The van der Waals surface area contributed by atoms with Crippen LogP contribution in [0.1, 0.15) is 12.5 Å². The molecule has 6 heteroatoms. The molecule has 2 rings (SSSR count). The van der Waals surface area contributed by atoms with Crippen molar-refractivity contribution < 1.29 is 14.3 Å². The zero-order valence-electron chi connectivity index (χ0n) is 11.3. The molecule has 2 aromatic rings. The minimum absolute atomic E-state index is 0.165. The molecule has 0 fully saturated rings. The summed E-state index contributed by atoms with van der Waals surface area (Å²) in [5.41, 5.74) is 1.45. The van der Waals surface area contributed by atoms with Crippen molar-refractivity contribution in [3.63, 3.8) is 0 Å². The van der Waals surface area contributed by atoms with E-state index in [0.29, 0.717) is 10.7 Å². The minimum atomic E-state index is -0.866. The van der Waals surface area contributed by atoms with E-state index in [9.17, 15) is 9.59 Å². The molecule has 1 heterocycles. The summed E-state index contributed by atoms with van der Waals surface area (Å²) in [6, 6.07) is 8.62. The van der Waals surface area contributed by atoms with E-state index in [2.05, 4.69) is 5.32 Å². The van der Waals surface area contributed by atoms with Crippen LogP contribution in [0, 0.1) is 0 Å². The molecule has 0 aliphatic rings. The Kier molecular flexibility index (Phi) is 5.36.